The number of amides is 1. The molecule has 0 saturated carbocycles. The zero-order chi connectivity index (χ0) is 18.4. The Morgan fingerprint density at radius 3 is 2.73 bits per heavy atom. The molecular formula is C20H19N3O3. The minimum absolute atomic E-state index is 0.0523. The molecule has 0 aromatic heterocycles. The lowest BCUT2D eigenvalue weighted by molar-refractivity contribution is -0.117. The van der Waals surface area contributed by atoms with Crippen LogP contribution in [0.5, 0.6) is 11.5 Å². The molecule has 1 amide bonds. The molecule has 132 valence electrons. The highest BCUT2D eigenvalue weighted by atomic mass is 16.7. The molecule has 0 saturated heterocycles. The van der Waals surface area contributed by atoms with Crippen molar-refractivity contribution in [2.75, 3.05) is 18.2 Å². The minimum atomic E-state index is -0.417. The van der Waals surface area contributed by atoms with Crippen LogP contribution in [0.4, 0.5) is 5.69 Å². The molecule has 0 fully saturated rings. The van der Waals surface area contributed by atoms with Crippen LogP contribution in [0.25, 0.3) is 0 Å². The molecule has 3 rings (SSSR count). The average molecular weight is 349 g/mol. The predicted octanol–water partition coefficient (Wildman–Crippen LogP) is 2.97. The van der Waals surface area contributed by atoms with Gasteiger partial charge in [-0.2, -0.15) is 5.26 Å². The van der Waals surface area contributed by atoms with Crippen LogP contribution in [0.15, 0.2) is 60.3 Å². The van der Waals surface area contributed by atoms with E-state index in [0.717, 1.165) is 11.3 Å². The van der Waals surface area contributed by atoms with E-state index in [-0.39, 0.29) is 12.4 Å². The summed E-state index contributed by atoms with van der Waals surface area (Å²) in [7, 11) is 0. The third-order valence-corrected chi connectivity index (χ3v) is 3.97. The van der Waals surface area contributed by atoms with E-state index in [1.165, 1.54) is 0 Å². The number of hydrogen-bond acceptors (Lipinski definition) is 5. The molecule has 1 heterocycles. The predicted molar refractivity (Wildman–Crippen MR) is 97.6 cm³/mol. The standard InChI is InChI=1S/C20H19N3O3/c1-2-23(17-6-4-3-5-7-17)13-16(11-21)20(24)22-12-15-8-9-18-19(10-15)26-14-25-18/h3-10,13H,2,12,14H2,1H3,(H,22,24)/b16-13-. The van der Waals surface area contributed by atoms with E-state index >= 15 is 0 Å². The summed E-state index contributed by atoms with van der Waals surface area (Å²) in [5, 5.41) is 12.1. The second-order valence-corrected chi connectivity index (χ2v) is 5.65. The molecule has 0 spiro atoms. The summed E-state index contributed by atoms with van der Waals surface area (Å²) in [6.07, 6.45) is 1.57. The van der Waals surface area contributed by atoms with Crippen molar-refractivity contribution in [1.82, 2.24) is 5.32 Å². The van der Waals surface area contributed by atoms with E-state index in [2.05, 4.69) is 5.32 Å². The average Bonchev–Trinajstić information content (AvgIpc) is 3.15. The first kappa shape index (κ1) is 17.4. The second-order valence-electron chi connectivity index (χ2n) is 5.65. The number of nitrogens with zero attached hydrogens (tertiary/aromatic N) is 2. The van der Waals surface area contributed by atoms with Gasteiger partial charge in [-0.25, -0.2) is 0 Å². The molecule has 2 aromatic carbocycles. The monoisotopic (exact) mass is 349 g/mol. The van der Waals surface area contributed by atoms with Crippen LogP contribution in [0.2, 0.25) is 0 Å². The number of nitrogens with one attached hydrogen (secondary N) is 1. The normalized spacial score (nSPS) is 12.4. The summed E-state index contributed by atoms with van der Waals surface area (Å²) in [4.78, 5) is 14.2. The number of carbonyl (C=O) groups is 1. The highest BCUT2D eigenvalue weighted by Crippen LogP contribution is 2.32. The Morgan fingerprint density at radius 2 is 2.00 bits per heavy atom. The lowest BCUT2D eigenvalue weighted by Gasteiger charge is -2.18. The van der Waals surface area contributed by atoms with E-state index in [4.69, 9.17) is 9.47 Å². The van der Waals surface area contributed by atoms with Crippen LogP contribution in [0, 0.1) is 11.3 Å². The van der Waals surface area contributed by atoms with Gasteiger partial charge in [0.15, 0.2) is 11.5 Å². The smallest absolute Gasteiger partial charge is 0.263 e. The van der Waals surface area contributed by atoms with Gasteiger partial charge in [-0.15, -0.1) is 0 Å². The SMILES string of the molecule is CCN(/C=C(/C#N)C(=O)NCc1ccc2c(c1)OCO2)c1ccccc1. The number of fused-ring (bicyclic) bond motifs is 1. The molecule has 6 nitrogen and oxygen atoms in total. The van der Waals surface area contributed by atoms with Crippen molar-refractivity contribution in [3.05, 3.63) is 65.9 Å². The van der Waals surface area contributed by atoms with Crippen molar-refractivity contribution in [3.8, 4) is 17.6 Å². The van der Waals surface area contributed by atoms with E-state index < -0.39 is 5.91 Å². The highest BCUT2D eigenvalue weighted by molar-refractivity contribution is 5.97. The van der Waals surface area contributed by atoms with Crippen molar-refractivity contribution >= 4 is 11.6 Å². The quantitative estimate of drug-likeness (QED) is 0.641. The van der Waals surface area contributed by atoms with Gasteiger partial charge in [-0.05, 0) is 36.8 Å². The largest absolute Gasteiger partial charge is 0.454 e. The zero-order valence-electron chi connectivity index (χ0n) is 14.4. The number of hydrogen-bond donors (Lipinski definition) is 1. The van der Waals surface area contributed by atoms with Gasteiger partial charge in [-0.1, -0.05) is 24.3 Å². The maximum atomic E-state index is 12.4. The Bertz CT molecular complexity index is 856. The van der Waals surface area contributed by atoms with Gasteiger partial charge in [0.25, 0.3) is 5.91 Å². The fourth-order valence-corrected chi connectivity index (χ4v) is 2.59. The molecule has 6 heteroatoms. The molecule has 0 unspecified atom stereocenters. The van der Waals surface area contributed by atoms with Crippen LogP contribution >= 0.6 is 0 Å². The summed E-state index contributed by atoms with van der Waals surface area (Å²) in [6, 6.07) is 17.1. The van der Waals surface area contributed by atoms with Gasteiger partial charge in [0.1, 0.15) is 11.6 Å². The van der Waals surface area contributed by atoms with Crippen LogP contribution in [0.1, 0.15) is 12.5 Å². The molecule has 0 radical (unpaired) electrons. The van der Waals surface area contributed by atoms with Crippen molar-refractivity contribution in [2.45, 2.75) is 13.5 Å². The molecular weight excluding hydrogens is 330 g/mol. The fourth-order valence-electron chi connectivity index (χ4n) is 2.59. The molecule has 1 N–H and O–H groups in total. The Balaban J connectivity index is 1.67. The molecule has 0 bridgehead atoms. The molecule has 0 atom stereocenters. The van der Waals surface area contributed by atoms with Gasteiger partial charge in [-0.3, -0.25) is 4.79 Å². The van der Waals surface area contributed by atoms with Crippen LogP contribution in [-0.4, -0.2) is 19.2 Å². The third kappa shape index (κ3) is 3.95. The van der Waals surface area contributed by atoms with Crippen LogP contribution in [-0.2, 0) is 11.3 Å². The van der Waals surface area contributed by atoms with Gasteiger partial charge in [0.2, 0.25) is 6.79 Å². The Morgan fingerprint density at radius 1 is 1.23 bits per heavy atom. The van der Waals surface area contributed by atoms with E-state index in [0.29, 0.717) is 24.6 Å². The van der Waals surface area contributed by atoms with E-state index in [1.54, 1.807) is 12.3 Å². The van der Waals surface area contributed by atoms with Crippen LogP contribution < -0.4 is 19.7 Å². The minimum Gasteiger partial charge on any atom is -0.454 e. The molecule has 1 aliphatic heterocycles. The molecule has 2 aromatic rings. The first-order valence-corrected chi connectivity index (χ1v) is 8.31. The number of anilines is 1. The van der Waals surface area contributed by atoms with Crippen molar-refractivity contribution < 1.29 is 14.3 Å². The van der Waals surface area contributed by atoms with Gasteiger partial charge in [0.05, 0.1) is 0 Å². The summed E-state index contributed by atoms with van der Waals surface area (Å²) >= 11 is 0. The Labute approximate surface area is 152 Å². The number of benzene rings is 2. The molecule has 0 aliphatic carbocycles. The second kappa shape index (κ2) is 8.08. The van der Waals surface area contributed by atoms with Crippen molar-refractivity contribution in [1.29, 1.82) is 5.26 Å². The van der Waals surface area contributed by atoms with E-state index in [9.17, 15) is 10.1 Å². The van der Waals surface area contributed by atoms with Gasteiger partial charge < -0.3 is 19.7 Å². The Hall–Kier alpha value is -3.46. The van der Waals surface area contributed by atoms with Crippen molar-refractivity contribution in [3.63, 3.8) is 0 Å². The van der Waals surface area contributed by atoms with Gasteiger partial charge in [0, 0.05) is 25.0 Å². The summed E-state index contributed by atoms with van der Waals surface area (Å²) in [6.45, 7) is 3.11. The van der Waals surface area contributed by atoms with Gasteiger partial charge >= 0.3 is 0 Å². The lowest BCUT2D eigenvalue weighted by atomic mass is 10.2. The summed E-state index contributed by atoms with van der Waals surface area (Å²) in [5.41, 5.74) is 1.85. The molecule has 26 heavy (non-hydrogen) atoms. The Kier molecular flexibility index (Phi) is 5.40. The maximum absolute atomic E-state index is 12.4. The van der Waals surface area contributed by atoms with E-state index in [1.807, 2.05) is 60.4 Å². The number of ether oxygens (including phenoxy) is 2. The topological polar surface area (TPSA) is 74.6 Å². The summed E-state index contributed by atoms with van der Waals surface area (Å²) in [5.74, 6) is 0.938. The maximum Gasteiger partial charge on any atom is 0.263 e. The van der Waals surface area contributed by atoms with Crippen molar-refractivity contribution in [2.24, 2.45) is 0 Å². The van der Waals surface area contributed by atoms with Crippen LogP contribution in [0.3, 0.4) is 0 Å². The fraction of sp³-hybridized carbons (Fsp3) is 0.200. The highest BCUT2D eigenvalue weighted by Gasteiger charge is 2.15. The number of para-hydroxylation sites is 1. The first-order chi connectivity index (χ1) is 12.7. The first-order valence-electron chi connectivity index (χ1n) is 8.31. The molecule has 1 aliphatic rings. The lowest BCUT2D eigenvalue weighted by Crippen LogP contribution is -2.26. The zero-order valence-corrected chi connectivity index (χ0v) is 14.4. The number of rotatable bonds is 6. The summed E-state index contributed by atoms with van der Waals surface area (Å²) < 4.78 is 10.6. The number of carbonyl (C=O) groups excluding carboxylic acids is 1. The number of nitriles is 1. The third-order valence-electron chi connectivity index (χ3n) is 3.97.